The third-order valence-corrected chi connectivity index (χ3v) is 3.18. The van der Waals surface area contributed by atoms with Gasteiger partial charge in [-0.15, -0.1) is 0 Å². The first-order chi connectivity index (χ1) is 9.89. The van der Waals surface area contributed by atoms with Crippen LogP contribution in [0.3, 0.4) is 0 Å². The van der Waals surface area contributed by atoms with Crippen LogP contribution < -0.4 is 5.43 Å². The number of amides is 1. The van der Waals surface area contributed by atoms with Crippen LogP contribution in [0.15, 0.2) is 41.0 Å². The lowest BCUT2D eigenvalue weighted by Crippen LogP contribution is -2.27. The van der Waals surface area contributed by atoms with E-state index in [1.165, 1.54) is 12.4 Å². The Hall–Kier alpha value is -2.50. The largest absolute Gasteiger partial charge is 0.511 e. The number of aromatic nitrogens is 1. The predicted molar refractivity (Wildman–Crippen MR) is 77.9 cm³/mol. The Morgan fingerprint density at radius 2 is 2.24 bits per heavy atom. The van der Waals surface area contributed by atoms with Gasteiger partial charge in [-0.3, -0.25) is 14.6 Å². The van der Waals surface area contributed by atoms with Gasteiger partial charge in [-0.1, -0.05) is 13.8 Å². The van der Waals surface area contributed by atoms with Crippen LogP contribution >= 0.6 is 0 Å². The SMILES string of the molecule is CC1(C)CC(=O)C(C=NNC(=O)c2cccnc2)=C(O)C1. The van der Waals surface area contributed by atoms with Crippen molar-refractivity contribution in [1.29, 1.82) is 0 Å². The van der Waals surface area contributed by atoms with Crippen molar-refractivity contribution in [2.75, 3.05) is 0 Å². The minimum Gasteiger partial charge on any atom is -0.511 e. The van der Waals surface area contributed by atoms with E-state index in [1.54, 1.807) is 18.3 Å². The molecule has 6 nitrogen and oxygen atoms in total. The predicted octanol–water partition coefficient (Wildman–Crippen LogP) is 2.00. The first-order valence-corrected chi connectivity index (χ1v) is 6.58. The highest BCUT2D eigenvalue weighted by molar-refractivity contribution is 6.14. The van der Waals surface area contributed by atoms with Crippen molar-refractivity contribution in [3.8, 4) is 0 Å². The van der Waals surface area contributed by atoms with E-state index in [-0.39, 0.29) is 22.5 Å². The molecule has 0 atom stereocenters. The van der Waals surface area contributed by atoms with E-state index in [1.807, 2.05) is 13.8 Å². The van der Waals surface area contributed by atoms with Gasteiger partial charge in [0.05, 0.1) is 17.4 Å². The molecule has 0 saturated carbocycles. The summed E-state index contributed by atoms with van der Waals surface area (Å²) in [6.45, 7) is 3.83. The molecule has 0 fully saturated rings. The summed E-state index contributed by atoms with van der Waals surface area (Å²) < 4.78 is 0. The maximum atomic E-state index is 11.9. The minimum absolute atomic E-state index is 0.00984. The van der Waals surface area contributed by atoms with E-state index in [4.69, 9.17) is 0 Å². The van der Waals surface area contributed by atoms with Crippen LogP contribution in [-0.4, -0.2) is 28.0 Å². The van der Waals surface area contributed by atoms with E-state index in [0.717, 1.165) is 0 Å². The van der Waals surface area contributed by atoms with Crippen LogP contribution in [-0.2, 0) is 4.79 Å². The van der Waals surface area contributed by atoms with E-state index in [2.05, 4.69) is 15.5 Å². The highest BCUT2D eigenvalue weighted by atomic mass is 16.3. The molecule has 0 aliphatic heterocycles. The van der Waals surface area contributed by atoms with Gasteiger partial charge in [0.15, 0.2) is 5.78 Å². The van der Waals surface area contributed by atoms with Crippen molar-refractivity contribution < 1.29 is 14.7 Å². The molecule has 0 radical (unpaired) electrons. The zero-order valence-corrected chi connectivity index (χ0v) is 12.0. The Balaban J connectivity index is 2.05. The van der Waals surface area contributed by atoms with Gasteiger partial charge in [-0.2, -0.15) is 5.10 Å². The van der Waals surface area contributed by atoms with E-state index < -0.39 is 5.91 Å². The summed E-state index contributed by atoms with van der Waals surface area (Å²) in [5.74, 6) is -0.596. The number of allylic oxidation sites excluding steroid dienone is 2. The topological polar surface area (TPSA) is 91.7 Å². The second-order valence-electron chi connectivity index (χ2n) is 5.74. The van der Waals surface area contributed by atoms with Crippen LogP contribution in [0.1, 0.15) is 37.0 Å². The molecule has 21 heavy (non-hydrogen) atoms. The average Bonchev–Trinajstić information content (AvgIpc) is 2.41. The number of carbonyl (C=O) groups is 2. The molecule has 0 spiro atoms. The number of pyridine rings is 1. The summed E-state index contributed by atoms with van der Waals surface area (Å²) in [4.78, 5) is 27.5. The van der Waals surface area contributed by atoms with Gasteiger partial charge >= 0.3 is 0 Å². The van der Waals surface area contributed by atoms with E-state index in [0.29, 0.717) is 18.4 Å². The van der Waals surface area contributed by atoms with Gasteiger partial charge in [0.2, 0.25) is 0 Å². The molecule has 1 aliphatic rings. The number of hydrazone groups is 1. The molecular formula is C15H17N3O3. The monoisotopic (exact) mass is 287 g/mol. The minimum atomic E-state index is -0.428. The van der Waals surface area contributed by atoms with Gasteiger partial charge in [-0.25, -0.2) is 5.43 Å². The maximum absolute atomic E-state index is 11.9. The smallest absolute Gasteiger partial charge is 0.272 e. The van der Waals surface area contributed by atoms with Gasteiger partial charge < -0.3 is 5.11 Å². The molecule has 1 amide bonds. The first kappa shape index (κ1) is 14.9. The lowest BCUT2D eigenvalue weighted by atomic mass is 9.77. The number of ketones is 1. The Morgan fingerprint density at radius 3 is 2.86 bits per heavy atom. The summed E-state index contributed by atoms with van der Waals surface area (Å²) in [6, 6.07) is 3.24. The van der Waals surface area contributed by atoms with Crippen molar-refractivity contribution in [3.05, 3.63) is 41.4 Å². The van der Waals surface area contributed by atoms with Crippen molar-refractivity contribution in [1.82, 2.24) is 10.4 Å². The number of aliphatic hydroxyl groups excluding tert-OH is 1. The van der Waals surface area contributed by atoms with E-state index in [9.17, 15) is 14.7 Å². The molecule has 2 N–H and O–H groups in total. The lowest BCUT2D eigenvalue weighted by molar-refractivity contribution is -0.117. The number of aliphatic hydroxyl groups is 1. The fourth-order valence-electron chi connectivity index (χ4n) is 2.17. The molecule has 110 valence electrons. The second kappa shape index (κ2) is 5.87. The number of hydrogen-bond acceptors (Lipinski definition) is 5. The van der Waals surface area contributed by atoms with Crippen molar-refractivity contribution in [3.63, 3.8) is 0 Å². The van der Waals surface area contributed by atoms with E-state index >= 15 is 0 Å². The Labute approximate surface area is 122 Å². The highest BCUT2D eigenvalue weighted by Gasteiger charge is 2.32. The molecule has 1 aromatic rings. The van der Waals surface area contributed by atoms with Crippen molar-refractivity contribution in [2.24, 2.45) is 10.5 Å². The number of rotatable bonds is 3. The number of nitrogens with one attached hydrogen (secondary N) is 1. The standard InChI is InChI=1S/C15H17N3O3/c1-15(2)6-12(19)11(13(20)7-15)9-17-18-14(21)10-4-3-5-16-8-10/h3-5,8-9,19H,6-7H2,1-2H3,(H,18,21). The highest BCUT2D eigenvalue weighted by Crippen LogP contribution is 2.34. The Kier molecular flexibility index (Phi) is 4.16. The molecule has 6 heteroatoms. The fraction of sp³-hybridized carbons (Fsp3) is 0.333. The maximum Gasteiger partial charge on any atom is 0.272 e. The second-order valence-corrected chi connectivity index (χ2v) is 5.74. The fourth-order valence-corrected chi connectivity index (χ4v) is 2.17. The third kappa shape index (κ3) is 3.75. The Bertz CT molecular complexity index is 618. The molecule has 0 saturated heterocycles. The van der Waals surface area contributed by atoms with Crippen LogP contribution in [0.5, 0.6) is 0 Å². The summed E-state index contributed by atoms with van der Waals surface area (Å²) in [7, 11) is 0. The van der Waals surface area contributed by atoms with Gasteiger partial charge in [0.25, 0.3) is 5.91 Å². The average molecular weight is 287 g/mol. The van der Waals surface area contributed by atoms with Crippen LogP contribution in [0.4, 0.5) is 0 Å². The third-order valence-electron chi connectivity index (χ3n) is 3.18. The molecular weight excluding hydrogens is 270 g/mol. The lowest BCUT2D eigenvalue weighted by Gasteiger charge is -2.28. The summed E-state index contributed by atoms with van der Waals surface area (Å²) in [6.07, 6.45) is 4.92. The number of carbonyl (C=O) groups excluding carboxylic acids is 2. The van der Waals surface area contributed by atoms with Gasteiger partial charge in [-0.05, 0) is 17.5 Å². The zero-order valence-electron chi connectivity index (χ0n) is 12.0. The van der Waals surface area contributed by atoms with Crippen LogP contribution in [0, 0.1) is 5.41 Å². The number of Topliss-reactive ketones (excluding diaryl/α,β-unsaturated/α-hetero) is 1. The first-order valence-electron chi connectivity index (χ1n) is 6.58. The molecule has 2 rings (SSSR count). The number of hydrogen-bond donors (Lipinski definition) is 2. The summed E-state index contributed by atoms with van der Waals surface area (Å²) in [5, 5.41) is 13.6. The molecule has 0 unspecified atom stereocenters. The summed E-state index contributed by atoms with van der Waals surface area (Å²) in [5.41, 5.74) is 2.57. The van der Waals surface area contributed by atoms with Gasteiger partial charge in [0.1, 0.15) is 5.76 Å². The Morgan fingerprint density at radius 1 is 1.48 bits per heavy atom. The van der Waals surface area contributed by atoms with Crippen LogP contribution in [0.25, 0.3) is 0 Å². The molecule has 1 heterocycles. The van der Waals surface area contributed by atoms with Crippen molar-refractivity contribution >= 4 is 17.9 Å². The summed E-state index contributed by atoms with van der Waals surface area (Å²) >= 11 is 0. The van der Waals surface area contributed by atoms with Crippen LogP contribution in [0.2, 0.25) is 0 Å². The quantitative estimate of drug-likeness (QED) is 0.657. The molecule has 0 aromatic carbocycles. The molecule has 0 bridgehead atoms. The zero-order chi connectivity index (χ0) is 15.5. The van der Waals surface area contributed by atoms with Crippen molar-refractivity contribution in [2.45, 2.75) is 26.7 Å². The number of nitrogens with zero attached hydrogens (tertiary/aromatic N) is 2. The molecule has 1 aliphatic carbocycles. The normalized spacial score (nSPS) is 18.1. The molecule has 1 aromatic heterocycles. The van der Waals surface area contributed by atoms with Gasteiger partial charge in [0, 0.05) is 25.2 Å².